The lowest BCUT2D eigenvalue weighted by atomic mass is 9.72. The molecule has 0 heteroatoms. The number of allylic oxidation sites excluding steroid dienone is 12. The van der Waals surface area contributed by atoms with Gasteiger partial charge in [0.15, 0.2) is 0 Å². The van der Waals surface area contributed by atoms with Crippen LogP contribution in [0.25, 0.3) is 49.7 Å². The van der Waals surface area contributed by atoms with E-state index in [1.807, 2.05) is 0 Å². The number of hydrogen-bond acceptors (Lipinski definition) is 0. The van der Waals surface area contributed by atoms with Gasteiger partial charge < -0.3 is 0 Å². The second-order valence-corrected chi connectivity index (χ2v) is 14.5. The quantitative estimate of drug-likeness (QED) is 0.193. The Kier molecular flexibility index (Phi) is 5.68. The lowest BCUT2D eigenvalue weighted by molar-refractivity contribution is 0.623. The molecular formula is C47H36. The summed E-state index contributed by atoms with van der Waals surface area (Å²) < 4.78 is 0. The maximum atomic E-state index is 2.42. The van der Waals surface area contributed by atoms with Gasteiger partial charge in [-0.25, -0.2) is 0 Å². The highest BCUT2D eigenvalue weighted by Gasteiger charge is 2.46. The van der Waals surface area contributed by atoms with Crippen molar-refractivity contribution in [3.63, 3.8) is 0 Å². The monoisotopic (exact) mass is 600 g/mol. The molecule has 0 spiro atoms. The average Bonchev–Trinajstić information content (AvgIpc) is 3.57. The molecule has 0 bridgehead atoms. The van der Waals surface area contributed by atoms with E-state index >= 15 is 0 Å². The van der Waals surface area contributed by atoms with E-state index in [4.69, 9.17) is 0 Å². The molecule has 10 rings (SSSR count). The third-order valence-electron chi connectivity index (χ3n) is 11.7. The lowest BCUT2D eigenvalue weighted by Crippen LogP contribution is -2.20. The van der Waals surface area contributed by atoms with Crippen LogP contribution >= 0.6 is 0 Å². The van der Waals surface area contributed by atoms with Crippen LogP contribution in [0.3, 0.4) is 0 Å². The van der Waals surface area contributed by atoms with Crippen molar-refractivity contribution in [1.82, 2.24) is 0 Å². The molecule has 1 fully saturated rings. The van der Waals surface area contributed by atoms with Crippen molar-refractivity contribution in [3.05, 3.63) is 186 Å². The fourth-order valence-corrected chi connectivity index (χ4v) is 9.31. The molecule has 1 saturated carbocycles. The fourth-order valence-electron chi connectivity index (χ4n) is 9.31. The predicted molar refractivity (Wildman–Crippen MR) is 198 cm³/mol. The summed E-state index contributed by atoms with van der Waals surface area (Å²) in [5, 5.41) is 2.55. The lowest BCUT2D eigenvalue weighted by Gasteiger charge is -2.32. The van der Waals surface area contributed by atoms with Crippen LogP contribution in [0.5, 0.6) is 0 Å². The summed E-state index contributed by atoms with van der Waals surface area (Å²) in [6.45, 7) is 4.71. The zero-order chi connectivity index (χ0) is 31.3. The Morgan fingerprint density at radius 2 is 1.02 bits per heavy atom. The number of fused-ring (bicyclic) bond motifs is 7. The summed E-state index contributed by atoms with van der Waals surface area (Å²) in [6.07, 6.45) is 21.2. The first kappa shape index (κ1) is 27.0. The summed E-state index contributed by atoms with van der Waals surface area (Å²) in [5.41, 5.74) is 16.6. The second-order valence-electron chi connectivity index (χ2n) is 14.5. The van der Waals surface area contributed by atoms with Crippen molar-refractivity contribution in [2.75, 3.05) is 0 Å². The first-order valence-corrected chi connectivity index (χ1v) is 17.1. The van der Waals surface area contributed by atoms with E-state index in [9.17, 15) is 0 Å². The summed E-state index contributed by atoms with van der Waals surface area (Å²) in [4.78, 5) is 0. The minimum atomic E-state index is 0.00766. The molecule has 224 valence electrons. The molecular weight excluding hydrogens is 565 g/mol. The number of benzene rings is 5. The smallest absolute Gasteiger partial charge is 0.0159 e. The van der Waals surface area contributed by atoms with Crippen molar-refractivity contribution in [2.24, 2.45) is 23.7 Å². The van der Waals surface area contributed by atoms with Crippen LogP contribution in [0, 0.1) is 23.7 Å². The van der Waals surface area contributed by atoms with Crippen molar-refractivity contribution >= 4 is 16.3 Å². The van der Waals surface area contributed by atoms with E-state index in [1.165, 1.54) is 66.4 Å². The van der Waals surface area contributed by atoms with Crippen LogP contribution in [-0.4, -0.2) is 0 Å². The molecule has 5 aromatic rings. The van der Waals surface area contributed by atoms with Crippen molar-refractivity contribution in [2.45, 2.75) is 19.3 Å². The van der Waals surface area contributed by atoms with Gasteiger partial charge in [0, 0.05) is 29.1 Å². The molecule has 0 radical (unpaired) electrons. The third-order valence-corrected chi connectivity index (χ3v) is 11.7. The largest absolute Gasteiger partial charge is 0.0764 e. The molecule has 47 heavy (non-hydrogen) atoms. The van der Waals surface area contributed by atoms with E-state index in [0.717, 1.165) is 0 Å². The Labute approximate surface area is 277 Å². The fraction of sp³-hybridized carbons (Fsp3) is 0.149. The molecule has 4 atom stereocenters. The van der Waals surface area contributed by atoms with Crippen LogP contribution in [0.4, 0.5) is 0 Å². The van der Waals surface area contributed by atoms with Gasteiger partial charge in [0.25, 0.3) is 0 Å². The zero-order valence-corrected chi connectivity index (χ0v) is 26.8. The van der Waals surface area contributed by atoms with Gasteiger partial charge in [0.05, 0.1) is 0 Å². The predicted octanol–water partition coefficient (Wildman–Crippen LogP) is 11.9. The van der Waals surface area contributed by atoms with Crippen LogP contribution in [0.1, 0.15) is 30.5 Å². The molecule has 0 amide bonds. The Balaban J connectivity index is 0.933. The van der Waals surface area contributed by atoms with Gasteiger partial charge in [0.1, 0.15) is 0 Å². The summed E-state index contributed by atoms with van der Waals surface area (Å²) in [7, 11) is 0. The maximum Gasteiger partial charge on any atom is 0.0159 e. The van der Waals surface area contributed by atoms with Crippen LogP contribution in [0.2, 0.25) is 0 Å². The second kappa shape index (κ2) is 9.90. The Morgan fingerprint density at radius 1 is 0.447 bits per heavy atom. The number of hydrogen-bond donors (Lipinski definition) is 0. The van der Waals surface area contributed by atoms with Gasteiger partial charge in [-0.05, 0) is 84.6 Å². The molecule has 5 aliphatic carbocycles. The minimum Gasteiger partial charge on any atom is -0.0764 e. The third kappa shape index (κ3) is 3.94. The molecule has 0 aliphatic heterocycles. The highest BCUT2D eigenvalue weighted by atomic mass is 14.5. The Hall–Kier alpha value is -5.20. The van der Waals surface area contributed by atoms with Crippen LogP contribution in [-0.2, 0) is 5.41 Å². The highest BCUT2D eigenvalue weighted by molar-refractivity contribution is 5.92. The van der Waals surface area contributed by atoms with Gasteiger partial charge in [-0.2, -0.15) is 0 Å². The van der Waals surface area contributed by atoms with Gasteiger partial charge in [-0.15, -0.1) is 0 Å². The minimum absolute atomic E-state index is 0.00766. The molecule has 4 unspecified atom stereocenters. The van der Waals surface area contributed by atoms with Gasteiger partial charge in [-0.3, -0.25) is 0 Å². The van der Waals surface area contributed by atoms with Gasteiger partial charge in [-0.1, -0.05) is 165 Å². The number of rotatable bonds is 3. The van der Waals surface area contributed by atoms with Gasteiger partial charge >= 0.3 is 0 Å². The SMILES string of the molecule is CC1(C)c2ccccc2-c2ccc(-c3ccc4cc(-c5ccc(C6=CC=C7C8C=CC=CC8C8=CC=CC6C87)cc5)ccc4c3)cc21. The van der Waals surface area contributed by atoms with E-state index in [0.29, 0.717) is 23.7 Å². The van der Waals surface area contributed by atoms with Crippen LogP contribution < -0.4 is 0 Å². The first-order valence-electron chi connectivity index (χ1n) is 17.1. The first-order chi connectivity index (χ1) is 23.0. The molecule has 0 aromatic heterocycles. The summed E-state index contributed by atoms with van der Waals surface area (Å²) in [5.74, 6) is 1.93. The van der Waals surface area contributed by atoms with Crippen molar-refractivity contribution in [3.8, 4) is 33.4 Å². The molecule has 5 aromatic carbocycles. The molecule has 0 N–H and O–H groups in total. The standard InChI is InChI=1S/C47H36/c1-47(2)44-13-6-5-10-39(44)40-23-22-35(28-45(40)47)34-21-20-32-26-31(18-19-33(32)27-34)29-14-16-30(17-15-29)36-24-25-43-38-9-4-3-8-37(38)42-12-7-11-41(36)46(42)43/h3-28,37-38,41,46H,1-2H3. The van der Waals surface area contributed by atoms with Crippen molar-refractivity contribution < 1.29 is 0 Å². The molecule has 0 saturated heterocycles. The topological polar surface area (TPSA) is 0 Å². The zero-order valence-electron chi connectivity index (χ0n) is 26.8. The van der Waals surface area contributed by atoms with E-state index in [2.05, 4.69) is 172 Å². The van der Waals surface area contributed by atoms with E-state index in [-0.39, 0.29) is 5.41 Å². The van der Waals surface area contributed by atoms with E-state index in [1.54, 1.807) is 11.1 Å². The maximum absolute atomic E-state index is 2.42. The molecule has 0 heterocycles. The average molecular weight is 601 g/mol. The summed E-state index contributed by atoms with van der Waals surface area (Å²) in [6, 6.07) is 39.0. The van der Waals surface area contributed by atoms with E-state index < -0.39 is 0 Å². The van der Waals surface area contributed by atoms with Gasteiger partial charge in [0.2, 0.25) is 0 Å². The van der Waals surface area contributed by atoms with Crippen LogP contribution in [0.15, 0.2) is 169 Å². The Morgan fingerprint density at radius 3 is 1.79 bits per heavy atom. The molecule has 0 nitrogen and oxygen atoms in total. The highest BCUT2D eigenvalue weighted by Crippen LogP contribution is 2.57. The normalized spacial score (nSPS) is 23.8. The van der Waals surface area contributed by atoms with Crippen molar-refractivity contribution in [1.29, 1.82) is 0 Å². The molecule has 5 aliphatic rings. The Bertz CT molecular complexity index is 2330. The summed E-state index contributed by atoms with van der Waals surface area (Å²) >= 11 is 0.